The molecule has 2 N–H and O–H groups in total. The Morgan fingerprint density at radius 3 is 2.85 bits per heavy atom. The number of halogens is 1. The van der Waals surface area contributed by atoms with Crippen LogP contribution in [0.5, 0.6) is 0 Å². The Bertz CT molecular complexity index is 415. The second-order valence-electron chi connectivity index (χ2n) is 4.81. The third-order valence-electron chi connectivity index (χ3n) is 3.18. The number of hydrogen-bond donors (Lipinski definition) is 2. The van der Waals surface area contributed by atoms with E-state index in [1.165, 1.54) is 5.56 Å². The molecule has 0 atom stereocenters. The van der Waals surface area contributed by atoms with E-state index in [-0.39, 0.29) is 24.0 Å². The summed E-state index contributed by atoms with van der Waals surface area (Å²) in [6.07, 6.45) is 5.99. The molecule has 2 heterocycles. The molecule has 0 spiro atoms. The maximum atomic E-state index is 5.34. The fourth-order valence-corrected chi connectivity index (χ4v) is 2.11. The zero-order chi connectivity index (χ0) is 13.5. The van der Waals surface area contributed by atoms with Crippen molar-refractivity contribution in [3.63, 3.8) is 0 Å². The van der Waals surface area contributed by atoms with Gasteiger partial charge in [0, 0.05) is 39.0 Å². The molecule has 20 heavy (non-hydrogen) atoms. The van der Waals surface area contributed by atoms with E-state index >= 15 is 0 Å². The number of aliphatic imine (C=N–C) groups is 1. The van der Waals surface area contributed by atoms with Crippen LogP contribution in [0.1, 0.15) is 18.4 Å². The van der Waals surface area contributed by atoms with E-state index in [1.54, 1.807) is 7.05 Å². The molecule has 1 saturated heterocycles. The van der Waals surface area contributed by atoms with Crippen LogP contribution < -0.4 is 10.6 Å². The number of nitrogens with one attached hydrogen (secondary N) is 2. The van der Waals surface area contributed by atoms with Crippen molar-refractivity contribution in [1.29, 1.82) is 0 Å². The molecule has 1 fully saturated rings. The molecule has 0 saturated carbocycles. The lowest BCUT2D eigenvalue weighted by Crippen LogP contribution is -2.46. The molecule has 0 radical (unpaired) electrons. The molecule has 6 nitrogen and oxygen atoms in total. The second kappa shape index (κ2) is 9.17. The first-order valence-corrected chi connectivity index (χ1v) is 6.82. The van der Waals surface area contributed by atoms with Gasteiger partial charge in [-0.15, -0.1) is 24.0 Å². The van der Waals surface area contributed by atoms with E-state index in [2.05, 4.69) is 20.7 Å². The van der Waals surface area contributed by atoms with Crippen molar-refractivity contribution >= 4 is 29.9 Å². The van der Waals surface area contributed by atoms with Gasteiger partial charge >= 0.3 is 0 Å². The van der Waals surface area contributed by atoms with Crippen LogP contribution in [0.3, 0.4) is 0 Å². The van der Waals surface area contributed by atoms with Gasteiger partial charge < -0.3 is 15.4 Å². The van der Waals surface area contributed by atoms with Crippen LogP contribution in [0.25, 0.3) is 0 Å². The van der Waals surface area contributed by atoms with E-state index in [0.717, 1.165) is 45.1 Å². The molecule has 7 heteroatoms. The molecule has 114 valence electrons. The van der Waals surface area contributed by atoms with Crippen LogP contribution in [-0.2, 0) is 11.3 Å². The molecule has 0 aromatic carbocycles. The minimum absolute atomic E-state index is 0. The number of aromatic nitrogens is 2. The van der Waals surface area contributed by atoms with E-state index < -0.39 is 0 Å². The fourth-order valence-electron chi connectivity index (χ4n) is 2.11. The summed E-state index contributed by atoms with van der Waals surface area (Å²) in [6, 6.07) is 0.465. The first kappa shape index (κ1) is 17.2. The lowest BCUT2D eigenvalue weighted by atomic mass is 10.1. The topological polar surface area (TPSA) is 63.5 Å². The SMILES string of the molecule is CN=C(NCCn1cc(C)cn1)NC1CCOCC1.I. The summed E-state index contributed by atoms with van der Waals surface area (Å²) in [7, 11) is 1.80. The van der Waals surface area contributed by atoms with Gasteiger partial charge in [0.15, 0.2) is 5.96 Å². The van der Waals surface area contributed by atoms with Gasteiger partial charge in [0.05, 0.1) is 12.7 Å². The van der Waals surface area contributed by atoms with Gasteiger partial charge in [0.1, 0.15) is 0 Å². The molecule has 1 aromatic rings. The van der Waals surface area contributed by atoms with Crippen LogP contribution in [0, 0.1) is 6.92 Å². The summed E-state index contributed by atoms with van der Waals surface area (Å²) in [5.41, 5.74) is 1.18. The fraction of sp³-hybridized carbons (Fsp3) is 0.692. The van der Waals surface area contributed by atoms with Gasteiger partial charge in [-0.05, 0) is 25.3 Å². The minimum atomic E-state index is 0. The maximum absolute atomic E-state index is 5.34. The Balaban J connectivity index is 0.00000200. The second-order valence-corrected chi connectivity index (χ2v) is 4.81. The summed E-state index contributed by atoms with van der Waals surface area (Å²) in [5.74, 6) is 0.857. The number of aryl methyl sites for hydroxylation is 1. The predicted octanol–water partition coefficient (Wildman–Crippen LogP) is 1.15. The van der Waals surface area contributed by atoms with Gasteiger partial charge in [-0.1, -0.05) is 0 Å². The Morgan fingerprint density at radius 2 is 2.25 bits per heavy atom. The summed E-state index contributed by atoms with van der Waals surface area (Å²) >= 11 is 0. The quantitative estimate of drug-likeness (QED) is 0.458. The first-order chi connectivity index (χ1) is 9.28. The Hall–Kier alpha value is -0.830. The van der Waals surface area contributed by atoms with E-state index in [4.69, 9.17) is 4.74 Å². The average Bonchev–Trinajstić information content (AvgIpc) is 2.84. The third-order valence-corrected chi connectivity index (χ3v) is 3.18. The van der Waals surface area contributed by atoms with Crippen molar-refractivity contribution in [1.82, 2.24) is 20.4 Å². The highest BCUT2D eigenvalue weighted by molar-refractivity contribution is 14.0. The highest BCUT2D eigenvalue weighted by Gasteiger charge is 2.14. The summed E-state index contributed by atoms with van der Waals surface area (Å²) in [6.45, 7) is 5.36. The van der Waals surface area contributed by atoms with Crippen molar-refractivity contribution < 1.29 is 4.74 Å². The van der Waals surface area contributed by atoms with Crippen molar-refractivity contribution in [3.05, 3.63) is 18.0 Å². The molecule has 0 unspecified atom stereocenters. The summed E-state index contributed by atoms with van der Waals surface area (Å²) in [4.78, 5) is 4.24. The van der Waals surface area contributed by atoms with Gasteiger partial charge in [0.2, 0.25) is 0 Å². The lowest BCUT2D eigenvalue weighted by Gasteiger charge is -2.25. The molecule has 0 amide bonds. The highest BCUT2D eigenvalue weighted by atomic mass is 127. The smallest absolute Gasteiger partial charge is 0.191 e. The highest BCUT2D eigenvalue weighted by Crippen LogP contribution is 2.05. The lowest BCUT2D eigenvalue weighted by molar-refractivity contribution is 0.0822. The van der Waals surface area contributed by atoms with Crippen LogP contribution >= 0.6 is 24.0 Å². The van der Waals surface area contributed by atoms with Gasteiger partial charge in [0.25, 0.3) is 0 Å². The molecule has 1 aliphatic heterocycles. The predicted molar refractivity (Wildman–Crippen MR) is 90.7 cm³/mol. The molecule has 1 aromatic heterocycles. The number of rotatable bonds is 4. The van der Waals surface area contributed by atoms with Crippen molar-refractivity contribution in [2.45, 2.75) is 32.4 Å². The minimum Gasteiger partial charge on any atom is -0.381 e. The first-order valence-electron chi connectivity index (χ1n) is 6.82. The van der Waals surface area contributed by atoms with Gasteiger partial charge in [-0.2, -0.15) is 5.10 Å². The van der Waals surface area contributed by atoms with Gasteiger partial charge in [-0.25, -0.2) is 0 Å². The van der Waals surface area contributed by atoms with E-state index in [9.17, 15) is 0 Å². The maximum Gasteiger partial charge on any atom is 0.191 e. The van der Waals surface area contributed by atoms with Crippen molar-refractivity contribution in [2.75, 3.05) is 26.8 Å². The van der Waals surface area contributed by atoms with Crippen LogP contribution in [0.4, 0.5) is 0 Å². The molecule has 1 aliphatic rings. The number of hydrogen-bond acceptors (Lipinski definition) is 3. The van der Waals surface area contributed by atoms with Gasteiger partial charge in [-0.3, -0.25) is 9.67 Å². The van der Waals surface area contributed by atoms with Crippen LogP contribution in [-0.4, -0.2) is 48.6 Å². The molecule has 0 bridgehead atoms. The van der Waals surface area contributed by atoms with Crippen LogP contribution in [0.15, 0.2) is 17.4 Å². The number of ether oxygens (including phenoxy) is 1. The standard InChI is InChI=1S/C13H23N5O.HI/c1-11-9-16-18(10-11)6-5-15-13(14-2)17-12-3-7-19-8-4-12;/h9-10,12H,3-8H2,1-2H3,(H2,14,15,17);1H. The Labute approximate surface area is 137 Å². The van der Waals surface area contributed by atoms with Crippen molar-refractivity contribution in [2.24, 2.45) is 4.99 Å². The molecule has 0 aliphatic carbocycles. The number of guanidine groups is 1. The van der Waals surface area contributed by atoms with E-state index in [0.29, 0.717) is 6.04 Å². The van der Waals surface area contributed by atoms with Crippen LogP contribution in [0.2, 0.25) is 0 Å². The average molecular weight is 393 g/mol. The largest absolute Gasteiger partial charge is 0.381 e. The Kier molecular flexibility index (Phi) is 7.90. The molecule has 2 rings (SSSR count). The normalized spacial score (nSPS) is 16.6. The Morgan fingerprint density at radius 1 is 1.50 bits per heavy atom. The monoisotopic (exact) mass is 393 g/mol. The zero-order valence-electron chi connectivity index (χ0n) is 12.1. The third kappa shape index (κ3) is 5.66. The zero-order valence-corrected chi connectivity index (χ0v) is 14.5. The van der Waals surface area contributed by atoms with Crippen molar-refractivity contribution in [3.8, 4) is 0 Å². The summed E-state index contributed by atoms with van der Waals surface area (Å²) < 4.78 is 7.28. The molecular formula is C13H24IN5O. The summed E-state index contributed by atoms with van der Waals surface area (Å²) in [5, 5.41) is 11.0. The number of nitrogens with zero attached hydrogens (tertiary/aromatic N) is 3. The van der Waals surface area contributed by atoms with E-state index in [1.807, 2.05) is 24.0 Å². The molecular weight excluding hydrogens is 369 g/mol.